The molecule has 6 heteroatoms. The molecular weight excluding hydrogens is 380 g/mol. The van der Waals surface area contributed by atoms with Gasteiger partial charge in [-0.25, -0.2) is 4.79 Å². The smallest absolute Gasteiger partial charge is 0.355 e. The molecule has 146 valence electrons. The normalized spacial score (nSPS) is 15.8. The Bertz CT molecular complexity index is 1230. The fourth-order valence-electron chi connectivity index (χ4n) is 3.82. The molecule has 0 amide bonds. The SMILES string of the molecule is CCCc1c(Cl)c(=O)oc2c1c1c(c3oc(C)cc(=O)c32)C=CC(CCC)O1. The van der Waals surface area contributed by atoms with Crippen LogP contribution in [0.5, 0.6) is 5.75 Å². The molecule has 1 aliphatic rings. The number of hydrogen-bond acceptors (Lipinski definition) is 5. The van der Waals surface area contributed by atoms with Crippen molar-refractivity contribution in [3.63, 3.8) is 0 Å². The van der Waals surface area contributed by atoms with Crippen LogP contribution in [-0.4, -0.2) is 6.10 Å². The third-order valence-electron chi connectivity index (χ3n) is 5.00. The van der Waals surface area contributed by atoms with E-state index in [9.17, 15) is 9.59 Å². The van der Waals surface area contributed by atoms with Gasteiger partial charge < -0.3 is 13.6 Å². The third-order valence-corrected chi connectivity index (χ3v) is 5.38. The molecule has 0 aliphatic carbocycles. The Hall–Kier alpha value is -2.53. The van der Waals surface area contributed by atoms with Crippen LogP contribution in [0.1, 0.15) is 50.0 Å². The zero-order valence-corrected chi connectivity index (χ0v) is 16.8. The molecule has 2 aromatic heterocycles. The van der Waals surface area contributed by atoms with Crippen LogP contribution in [0.25, 0.3) is 28.0 Å². The van der Waals surface area contributed by atoms with E-state index in [0.29, 0.717) is 40.0 Å². The molecule has 5 nitrogen and oxygen atoms in total. The second-order valence-electron chi connectivity index (χ2n) is 7.11. The van der Waals surface area contributed by atoms with Crippen LogP contribution in [0, 0.1) is 6.92 Å². The monoisotopic (exact) mass is 400 g/mol. The Kier molecular flexibility index (Phi) is 4.79. The standard InChI is InChI=1S/C22H21ClO5/c1-4-6-12-8-9-14-19(27-12)16-13(7-5-2)18(23)22(25)28-21(16)17-15(24)10-11(3)26-20(14)17/h8-10,12H,4-7H2,1-3H3. The first-order valence-corrected chi connectivity index (χ1v) is 9.94. The van der Waals surface area contributed by atoms with Gasteiger partial charge in [0.15, 0.2) is 16.6 Å². The molecule has 1 unspecified atom stereocenters. The first-order valence-electron chi connectivity index (χ1n) is 9.56. The van der Waals surface area contributed by atoms with E-state index in [2.05, 4.69) is 6.92 Å². The lowest BCUT2D eigenvalue weighted by Gasteiger charge is -2.24. The molecule has 3 heterocycles. The summed E-state index contributed by atoms with van der Waals surface area (Å²) in [5.74, 6) is 1.04. The number of rotatable bonds is 4. The maximum Gasteiger partial charge on any atom is 0.355 e. The number of aryl methyl sites for hydroxylation is 2. The second-order valence-corrected chi connectivity index (χ2v) is 7.49. The van der Waals surface area contributed by atoms with E-state index < -0.39 is 5.63 Å². The van der Waals surface area contributed by atoms with Crippen molar-refractivity contribution in [3.05, 3.63) is 54.7 Å². The second kappa shape index (κ2) is 7.13. The van der Waals surface area contributed by atoms with E-state index in [1.165, 1.54) is 6.07 Å². The zero-order chi connectivity index (χ0) is 20.0. The van der Waals surface area contributed by atoms with Crippen molar-refractivity contribution in [3.8, 4) is 5.75 Å². The largest absolute Gasteiger partial charge is 0.485 e. The van der Waals surface area contributed by atoms with Gasteiger partial charge in [-0.05, 0) is 37.5 Å². The van der Waals surface area contributed by atoms with E-state index in [1.54, 1.807) is 6.92 Å². The predicted octanol–water partition coefficient (Wildman–Crippen LogP) is 5.39. The molecule has 0 saturated heterocycles. The molecule has 0 N–H and O–H groups in total. The Morgan fingerprint density at radius 2 is 1.86 bits per heavy atom. The fourth-order valence-corrected chi connectivity index (χ4v) is 4.05. The first-order chi connectivity index (χ1) is 13.5. The van der Waals surface area contributed by atoms with Crippen LogP contribution in [-0.2, 0) is 6.42 Å². The van der Waals surface area contributed by atoms with Crippen molar-refractivity contribution in [1.82, 2.24) is 0 Å². The Morgan fingerprint density at radius 3 is 2.57 bits per heavy atom. The quantitative estimate of drug-likeness (QED) is 0.434. The first kappa shape index (κ1) is 18.8. The molecule has 0 bridgehead atoms. The molecular formula is C22H21ClO5. The maximum atomic E-state index is 12.8. The molecule has 0 saturated carbocycles. The van der Waals surface area contributed by atoms with E-state index in [-0.39, 0.29) is 27.5 Å². The van der Waals surface area contributed by atoms with Gasteiger partial charge in [0.05, 0.1) is 10.9 Å². The highest BCUT2D eigenvalue weighted by atomic mass is 35.5. The van der Waals surface area contributed by atoms with Crippen LogP contribution in [0.3, 0.4) is 0 Å². The summed E-state index contributed by atoms with van der Waals surface area (Å²) < 4.78 is 17.7. The van der Waals surface area contributed by atoms with E-state index >= 15 is 0 Å². The minimum atomic E-state index is -0.657. The van der Waals surface area contributed by atoms with Gasteiger partial charge in [-0.3, -0.25) is 4.79 Å². The summed E-state index contributed by atoms with van der Waals surface area (Å²) in [5, 5.41) is 0.876. The molecule has 0 radical (unpaired) electrons. The summed E-state index contributed by atoms with van der Waals surface area (Å²) in [6.45, 7) is 5.81. The van der Waals surface area contributed by atoms with Gasteiger partial charge in [0, 0.05) is 6.07 Å². The van der Waals surface area contributed by atoms with Crippen molar-refractivity contribution in [1.29, 1.82) is 0 Å². The summed E-state index contributed by atoms with van der Waals surface area (Å²) in [4.78, 5) is 25.2. The van der Waals surface area contributed by atoms with Gasteiger partial charge in [-0.1, -0.05) is 38.3 Å². The van der Waals surface area contributed by atoms with Gasteiger partial charge in [0.2, 0.25) is 0 Å². The van der Waals surface area contributed by atoms with Crippen molar-refractivity contribution < 1.29 is 13.6 Å². The molecule has 1 aliphatic heterocycles. The van der Waals surface area contributed by atoms with Crippen LogP contribution >= 0.6 is 11.6 Å². The third kappa shape index (κ3) is 2.85. The van der Waals surface area contributed by atoms with E-state index in [4.69, 9.17) is 25.2 Å². The van der Waals surface area contributed by atoms with Gasteiger partial charge in [-0.2, -0.15) is 0 Å². The minimum Gasteiger partial charge on any atom is -0.485 e. The molecule has 0 fully saturated rings. The number of fused-ring (bicyclic) bond motifs is 6. The van der Waals surface area contributed by atoms with E-state index in [1.807, 2.05) is 19.1 Å². The van der Waals surface area contributed by atoms with Gasteiger partial charge >= 0.3 is 5.63 Å². The summed E-state index contributed by atoms with van der Waals surface area (Å²) in [7, 11) is 0. The van der Waals surface area contributed by atoms with Gasteiger partial charge in [0.25, 0.3) is 0 Å². The minimum absolute atomic E-state index is 0.0394. The maximum absolute atomic E-state index is 12.8. The zero-order valence-electron chi connectivity index (χ0n) is 16.1. The lowest BCUT2D eigenvalue weighted by Crippen LogP contribution is -2.18. The van der Waals surface area contributed by atoms with Crippen LogP contribution in [0.4, 0.5) is 0 Å². The highest BCUT2D eigenvalue weighted by Gasteiger charge is 2.28. The molecule has 0 spiro atoms. The molecule has 4 rings (SSSR count). The molecule has 1 aromatic carbocycles. The molecule has 1 atom stereocenters. The highest BCUT2D eigenvalue weighted by molar-refractivity contribution is 6.32. The highest BCUT2D eigenvalue weighted by Crippen LogP contribution is 2.43. The topological polar surface area (TPSA) is 69.7 Å². The van der Waals surface area contributed by atoms with Crippen molar-refractivity contribution in [2.45, 2.75) is 52.6 Å². The molecule has 3 aromatic rings. The lowest BCUT2D eigenvalue weighted by atomic mass is 9.96. The lowest BCUT2D eigenvalue weighted by molar-refractivity contribution is 0.236. The summed E-state index contributed by atoms with van der Waals surface area (Å²) in [5.41, 5.74) is 0.966. The Labute approximate surface area is 166 Å². The number of hydrogen-bond donors (Lipinski definition) is 0. The summed E-state index contributed by atoms with van der Waals surface area (Å²) >= 11 is 6.33. The summed E-state index contributed by atoms with van der Waals surface area (Å²) in [6.07, 6.45) is 6.96. The van der Waals surface area contributed by atoms with Crippen LogP contribution in [0.2, 0.25) is 5.02 Å². The van der Waals surface area contributed by atoms with Crippen molar-refractivity contribution in [2.24, 2.45) is 0 Å². The van der Waals surface area contributed by atoms with Crippen LogP contribution in [0.15, 0.2) is 30.6 Å². The average molecular weight is 401 g/mol. The Morgan fingerprint density at radius 1 is 1.07 bits per heavy atom. The molecule has 28 heavy (non-hydrogen) atoms. The van der Waals surface area contributed by atoms with Gasteiger partial charge in [0.1, 0.15) is 28.0 Å². The predicted molar refractivity (Wildman–Crippen MR) is 111 cm³/mol. The average Bonchev–Trinajstić information content (AvgIpc) is 2.65. The Balaban J connectivity index is 2.24. The fraction of sp³-hybridized carbons (Fsp3) is 0.364. The number of halogens is 1. The van der Waals surface area contributed by atoms with Gasteiger partial charge in [-0.15, -0.1) is 0 Å². The number of ether oxygens (including phenoxy) is 1. The van der Waals surface area contributed by atoms with E-state index in [0.717, 1.165) is 19.3 Å². The van der Waals surface area contributed by atoms with Crippen molar-refractivity contribution >= 4 is 39.6 Å². The van der Waals surface area contributed by atoms with Crippen molar-refractivity contribution in [2.75, 3.05) is 0 Å². The van der Waals surface area contributed by atoms with Crippen LogP contribution < -0.4 is 15.8 Å². The summed E-state index contributed by atoms with van der Waals surface area (Å²) in [6, 6.07) is 1.40. The number of benzene rings is 1.